The number of likely N-dealkylation sites (tertiary alicyclic amines) is 1. The van der Waals surface area contributed by atoms with Gasteiger partial charge in [-0.05, 0) is 75.5 Å². The third kappa shape index (κ3) is 4.71. The minimum absolute atomic E-state index is 0.0489. The number of rotatable bonds is 6. The summed E-state index contributed by atoms with van der Waals surface area (Å²) in [5.41, 5.74) is 4.04. The fourth-order valence-corrected chi connectivity index (χ4v) is 5.09. The number of ether oxygens (including phenoxy) is 2. The Kier molecular flexibility index (Phi) is 5.79. The van der Waals surface area contributed by atoms with Crippen LogP contribution in [-0.2, 0) is 13.0 Å². The van der Waals surface area contributed by atoms with Gasteiger partial charge in [0.1, 0.15) is 22.8 Å². The number of aromatic amines is 1. The average molecular weight is 448 g/mol. The molecule has 3 heterocycles. The summed E-state index contributed by atoms with van der Waals surface area (Å²) in [6.07, 6.45) is 3.15. The minimum Gasteiger partial charge on any atom is -0.497 e. The second kappa shape index (κ2) is 8.75. The van der Waals surface area contributed by atoms with Crippen LogP contribution in [-0.4, -0.2) is 48.1 Å². The molecule has 5 rings (SSSR count). The largest absolute Gasteiger partial charge is 0.497 e. The highest BCUT2D eigenvalue weighted by Gasteiger charge is 2.32. The third-order valence-corrected chi connectivity index (χ3v) is 6.90. The number of carbonyl (C=O) groups is 1. The van der Waals surface area contributed by atoms with Gasteiger partial charge in [-0.3, -0.25) is 9.69 Å². The Bertz CT molecular complexity index is 1160. The van der Waals surface area contributed by atoms with E-state index in [1.54, 1.807) is 7.11 Å². The minimum atomic E-state index is -0.110. The van der Waals surface area contributed by atoms with Crippen molar-refractivity contribution in [3.63, 3.8) is 0 Å². The molecule has 2 aliphatic heterocycles. The van der Waals surface area contributed by atoms with Crippen molar-refractivity contribution in [3.05, 3.63) is 59.3 Å². The van der Waals surface area contributed by atoms with Gasteiger partial charge in [-0.1, -0.05) is 18.2 Å². The van der Waals surface area contributed by atoms with Gasteiger partial charge in [0, 0.05) is 36.0 Å². The number of methoxy groups -OCH3 is 1. The van der Waals surface area contributed by atoms with E-state index in [4.69, 9.17) is 9.47 Å². The summed E-state index contributed by atoms with van der Waals surface area (Å²) >= 11 is 0. The Labute approximate surface area is 195 Å². The number of nitrogens with zero attached hydrogens (tertiary/aromatic N) is 1. The van der Waals surface area contributed by atoms with Crippen LogP contribution in [0.5, 0.6) is 11.5 Å². The van der Waals surface area contributed by atoms with Gasteiger partial charge < -0.3 is 19.8 Å². The zero-order chi connectivity index (χ0) is 23.0. The van der Waals surface area contributed by atoms with Crippen LogP contribution in [0.4, 0.5) is 0 Å². The zero-order valence-electron chi connectivity index (χ0n) is 19.7. The number of amides is 1. The zero-order valence-corrected chi connectivity index (χ0v) is 19.7. The van der Waals surface area contributed by atoms with Crippen LogP contribution in [0, 0.1) is 5.92 Å². The van der Waals surface area contributed by atoms with Crippen molar-refractivity contribution in [1.29, 1.82) is 0 Å². The lowest BCUT2D eigenvalue weighted by molar-refractivity contribution is 0.0930. The maximum absolute atomic E-state index is 12.7. The highest BCUT2D eigenvalue weighted by Crippen LogP contribution is 2.38. The van der Waals surface area contributed by atoms with Crippen LogP contribution < -0.4 is 14.8 Å². The molecule has 0 radical (unpaired) electrons. The van der Waals surface area contributed by atoms with Crippen LogP contribution in [0.25, 0.3) is 10.9 Å². The van der Waals surface area contributed by atoms with E-state index in [0.717, 1.165) is 61.3 Å². The van der Waals surface area contributed by atoms with Crippen molar-refractivity contribution in [2.24, 2.45) is 5.92 Å². The molecule has 1 saturated heterocycles. The van der Waals surface area contributed by atoms with E-state index in [9.17, 15) is 4.79 Å². The molecule has 6 nitrogen and oxygen atoms in total. The maximum atomic E-state index is 12.7. The van der Waals surface area contributed by atoms with E-state index in [2.05, 4.69) is 47.2 Å². The van der Waals surface area contributed by atoms with Crippen molar-refractivity contribution < 1.29 is 14.3 Å². The molecular formula is C27H33N3O3. The fraction of sp³-hybridized carbons (Fsp3) is 0.444. The summed E-state index contributed by atoms with van der Waals surface area (Å²) in [5, 5.41) is 4.11. The van der Waals surface area contributed by atoms with Gasteiger partial charge in [-0.2, -0.15) is 0 Å². The monoisotopic (exact) mass is 447 g/mol. The summed E-state index contributed by atoms with van der Waals surface area (Å²) in [7, 11) is 1.65. The number of nitrogens with one attached hydrogen (secondary N) is 2. The van der Waals surface area contributed by atoms with Crippen molar-refractivity contribution in [1.82, 2.24) is 15.2 Å². The predicted octanol–water partition coefficient (Wildman–Crippen LogP) is 4.53. The molecule has 1 amide bonds. The average Bonchev–Trinajstić information content (AvgIpc) is 3.37. The first-order valence-electron chi connectivity index (χ1n) is 11.9. The van der Waals surface area contributed by atoms with Gasteiger partial charge in [-0.15, -0.1) is 0 Å². The SMILES string of the molecule is COc1ccc2[nH]c(C(=O)NCC3CCN(Cc4cccc5c4OC(C)(C)C5)CC3)cc2c1. The topological polar surface area (TPSA) is 66.6 Å². The van der Waals surface area contributed by atoms with Crippen molar-refractivity contribution >= 4 is 16.8 Å². The molecule has 2 N–H and O–H groups in total. The molecule has 33 heavy (non-hydrogen) atoms. The molecule has 0 unspecified atom stereocenters. The number of piperidine rings is 1. The van der Waals surface area contributed by atoms with E-state index >= 15 is 0 Å². The van der Waals surface area contributed by atoms with E-state index in [0.29, 0.717) is 18.2 Å². The first-order chi connectivity index (χ1) is 15.9. The van der Waals surface area contributed by atoms with E-state index in [1.807, 2.05) is 24.3 Å². The summed E-state index contributed by atoms with van der Waals surface area (Å²) < 4.78 is 11.5. The molecule has 174 valence electrons. The summed E-state index contributed by atoms with van der Waals surface area (Å²) in [6.45, 7) is 8.03. The number of benzene rings is 2. The molecule has 0 atom stereocenters. The molecule has 1 fully saturated rings. The fourth-order valence-electron chi connectivity index (χ4n) is 5.09. The summed E-state index contributed by atoms with van der Waals surface area (Å²) in [4.78, 5) is 18.4. The first-order valence-corrected chi connectivity index (χ1v) is 11.9. The first kappa shape index (κ1) is 21.8. The number of aromatic nitrogens is 1. The summed E-state index contributed by atoms with van der Waals surface area (Å²) in [5.74, 6) is 2.34. The second-order valence-electron chi connectivity index (χ2n) is 10.0. The highest BCUT2D eigenvalue weighted by atomic mass is 16.5. The van der Waals surface area contributed by atoms with Crippen molar-refractivity contribution in [3.8, 4) is 11.5 Å². The van der Waals surface area contributed by atoms with Crippen molar-refractivity contribution in [2.75, 3.05) is 26.7 Å². The van der Waals surface area contributed by atoms with Crippen LogP contribution in [0.3, 0.4) is 0 Å². The number of para-hydroxylation sites is 1. The smallest absolute Gasteiger partial charge is 0.267 e. The lowest BCUT2D eigenvalue weighted by Gasteiger charge is -2.32. The lowest BCUT2D eigenvalue weighted by Crippen LogP contribution is -2.38. The Balaban J connectivity index is 1.12. The van der Waals surface area contributed by atoms with Gasteiger partial charge in [0.15, 0.2) is 0 Å². The number of carbonyl (C=O) groups excluding carboxylic acids is 1. The number of fused-ring (bicyclic) bond motifs is 2. The Morgan fingerprint density at radius 2 is 2.03 bits per heavy atom. The van der Waals surface area contributed by atoms with Crippen LogP contribution in [0.15, 0.2) is 42.5 Å². The molecular weight excluding hydrogens is 414 g/mol. The van der Waals surface area contributed by atoms with Gasteiger partial charge in [0.25, 0.3) is 5.91 Å². The van der Waals surface area contributed by atoms with Crippen molar-refractivity contribution in [2.45, 2.75) is 45.3 Å². The van der Waals surface area contributed by atoms with Crippen LogP contribution >= 0.6 is 0 Å². The predicted molar refractivity (Wildman–Crippen MR) is 130 cm³/mol. The normalized spacial score (nSPS) is 18.2. The number of H-pyrrole nitrogens is 1. The molecule has 0 spiro atoms. The molecule has 2 aromatic carbocycles. The lowest BCUT2D eigenvalue weighted by atomic mass is 9.96. The Hall–Kier alpha value is -2.99. The van der Waals surface area contributed by atoms with Crippen LogP contribution in [0.1, 0.15) is 48.3 Å². The van der Waals surface area contributed by atoms with Gasteiger partial charge in [0.2, 0.25) is 0 Å². The molecule has 6 heteroatoms. The van der Waals surface area contributed by atoms with Gasteiger partial charge in [0.05, 0.1) is 7.11 Å². The summed E-state index contributed by atoms with van der Waals surface area (Å²) in [6, 6.07) is 14.2. The molecule has 3 aromatic rings. The van der Waals surface area contributed by atoms with E-state index in [-0.39, 0.29) is 11.5 Å². The third-order valence-electron chi connectivity index (χ3n) is 6.90. The maximum Gasteiger partial charge on any atom is 0.267 e. The molecule has 2 aliphatic rings. The quantitative estimate of drug-likeness (QED) is 0.583. The highest BCUT2D eigenvalue weighted by molar-refractivity contribution is 5.98. The van der Waals surface area contributed by atoms with Gasteiger partial charge in [-0.25, -0.2) is 0 Å². The molecule has 0 bridgehead atoms. The Morgan fingerprint density at radius 1 is 1.21 bits per heavy atom. The molecule has 0 saturated carbocycles. The number of hydrogen-bond donors (Lipinski definition) is 2. The Morgan fingerprint density at radius 3 is 2.82 bits per heavy atom. The standard InChI is InChI=1S/C27H33N3O3/c1-27(2)15-19-5-4-6-20(25(19)33-27)17-30-11-9-18(10-12-30)16-28-26(31)24-14-21-13-22(32-3)7-8-23(21)29-24/h4-8,13-14,18,29H,9-12,15-17H2,1-3H3,(H,28,31). The second-order valence-corrected chi connectivity index (χ2v) is 10.0. The van der Waals surface area contributed by atoms with E-state index in [1.165, 1.54) is 11.1 Å². The van der Waals surface area contributed by atoms with E-state index < -0.39 is 0 Å². The molecule has 0 aliphatic carbocycles. The van der Waals surface area contributed by atoms with Gasteiger partial charge >= 0.3 is 0 Å². The molecule has 1 aromatic heterocycles. The number of hydrogen-bond acceptors (Lipinski definition) is 4. The van der Waals surface area contributed by atoms with Crippen LogP contribution in [0.2, 0.25) is 0 Å².